The summed E-state index contributed by atoms with van der Waals surface area (Å²) in [5.41, 5.74) is 4.75. The van der Waals surface area contributed by atoms with Crippen molar-refractivity contribution in [3.8, 4) is 0 Å². The number of hydrogen-bond donors (Lipinski definition) is 1. The number of aromatic nitrogens is 1. The second kappa shape index (κ2) is 6.53. The predicted molar refractivity (Wildman–Crippen MR) is 63.3 cm³/mol. The van der Waals surface area contributed by atoms with Gasteiger partial charge in [-0.15, -0.1) is 0 Å². The zero-order chi connectivity index (χ0) is 11.1. The Balaban J connectivity index is 2.63. The number of unbranched alkanes of at least 4 members (excludes halogenated alkanes) is 1. The van der Waals surface area contributed by atoms with Crippen LogP contribution in [0.3, 0.4) is 0 Å². The third-order valence-electron chi connectivity index (χ3n) is 2.37. The summed E-state index contributed by atoms with van der Waals surface area (Å²) in [6, 6.07) is 4.57. The molecule has 0 saturated carbocycles. The van der Waals surface area contributed by atoms with Crippen molar-refractivity contribution in [3.05, 3.63) is 30.1 Å². The second-order valence-corrected chi connectivity index (χ2v) is 4.00. The molecule has 15 heavy (non-hydrogen) atoms. The van der Waals surface area contributed by atoms with Gasteiger partial charge in [0.05, 0.1) is 0 Å². The van der Waals surface area contributed by atoms with Crippen molar-refractivity contribution >= 4 is 0 Å². The first-order valence-electron chi connectivity index (χ1n) is 5.57. The lowest BCUT2D eigenvalue weighted by atomic mass is 10.0. The van der Waals surface area contributed by atoms with Crippen molar-refractivity contribution in [2.45, 2.75) is 32.2 Å². The van der Waals surface area contributed by atoms with E-state index in [1.165, 1.54) is 24.8 Å². The average Bonchev–Trinajstić information content (AvgIpc) is 2.25. The van der Waals surface area contributed by atoms with Crippen LogP contribution in [-0.2, 0) is 0 Å². The van der Waals surface area contributed by atoms with E-state index in [0.29, 0.717) is 6.04 Å². The molecule has 1 aromatic heterocycles. The molecule has 1 unspecified atom stereocenters. The van der Waals surface area contributed by atoms with Crippen molar-refractivity contribution in [1.29, 1.82) is 0 Å². The Kier molecular flexibility index (Phi) is 5.29. The van der Waals surface area contributed by atoms with Crippen LogP contribution in [0.25, 0.3) is 0 Å². The van der Waals surface area contributed by atoms with Crippen LogP contribution in [0.2, 0.25) is 0 Å². The van der Waals surface area contributed by atoms with Crippen molar-refractivity contribution in [3.63, 3.8) is 0 Å². The summed E-state index contributed by atoms with van der Waals surface area (Å²) in [7, 11) is 4.06. The van der Waals surface area contributed by atoms with E-state index in [1.54, 1.807) is 0 Å². The van der Waals surface area contributed by atoms with E-state index >= 15 is 0 Å². The van der Waals surface area contributed by atoms with Crippen LogP contribution in [0.5, 0.6) is 0 Å². The number of hydrazine groups is 1. The van der Waals surface area contributed by atoms with E-state index in [0.717, 1.165) is 0 Å². The van der Waals surface area contributed by atoms with Crippen molar-refractivity contribution in [2.24, 2.45) is 0 Å². The Hall–Kier alpha value is -0.930. The molecule has 0 spiro atoms. The summed E-state index contributed by atoms with van der Waals surface area (Å²) < 4.78 is 0. The average molecular weight is 207 g/mol. The summed E-state index contributed by atoms with van der Waals surface area (Å²) in [6.45, 7) is 2.22. The molecule has 0 fully saturated rings. The van der Waals surface area contributed by atoms with E-state index in [9.17, 15) is 0 Å². The van der Waals surface area contributed by atoms with Gasteiger partial charge < -0.3 is 0 Å². The molecule has 0 saturated heterocycles. The van der Waals surface area contributed by atoms with Gasteiger partial charge in [-0.05, 0) is 24.1 Å². The summed E-state index contributed by atoms with van der Waals surface area (Å²) in [5.74, 6) is 0. The molecule has 1 aromatic rings. The monoisotopic (exact) mass is 207 g/mol. The first-order valence-corrected chi connectivity index (χ1v) is 5.57. The Bertz CT molecular complexity index is 259. The van der Waals surface area contributed by atoms with Crippen LogP contribution >= 0.6 is 0 Å². The van der Waals surface area contributed by atoms with Gasteiger partial charge >= 0.3 is 0 Å². The van der Waals surface area contributed by atoms with Gasteiger partial charge in [0.25, 0.3) is 0 Å². The topological polar surface area (TPSA) is 28.2 Å². The fraction of sp³-hybridized carbons (Fsp3) is 0.583. The first-order chi connectivity index (χ1) is 7.24. The van der Waals surface area contributed by atoms with Gasteiger partial charge in [-0.2, -0.15) is 0 Å². The van der Waals surface area contributed by atoms with Crippen LogP contribution < -0.4 is 5.43 Å². The Morgan fingerprint density at radius 2 is 2.00 bits per heavy atom. The van der Waals surface area contributed by atoms with Gasteiger partial charge in [0.2, 0.25) is 0 Å². The molecule has 0 aliphatic rings. The van der Waals surface area contributed by atoms with Gasteiger partial charge in [0.1, 0.15) is 0 Å². The van der Waals surface area contributed by atoms with E-state index < -0.39 is 0 Å². The molecule has 0 aliphatic heterocycles. The minimum Gasteiger partial charge on any atom is -0.265 e. The first kappa shape index (κ1) is 12.1. The summed E-state index contributed by atoms with van der Waals surface area (Å²) in [6.07, 6.45) is 7.35. The highest BCUT2D eigenvalue weighted by atomic mass is 15.5. The normalized spacial score (nSPS) is 13.1. The Morgan fingerprint density at radius 1 is 1.33 bits per heavy atom. The predicted octanol–water partition coefficient (Wildman–Crippen LogP) is 2.38. The van der Waals surface area contributed by atoms with E-state index in [4.69, 9.17) is 0 Å². The van der Waals surface area contributed by atoms with Crippen molar-refractivity contribution in [2.75, 3.05) is 14.1 Å². The molecule has 0 bridgehead atoms. The highest BCUT2D eigenvalue weighted by Crippen LogP contribution is 2.18. The molecule has 1 rings (SSSR count). The van der Waals surface area contributed by atoms with Crippen LogP contribution in [0.15, 0.2) is 24.5 Å². The summed E-state index contributed by atoms with van der Waals surface area (Å²) in [4.78, 5) is 4.05. The van der Waals surface area contributed by atoms with Crippen LogP contribution in [-0.4, -0.2) is 24.1 Å². The fourth-order valence-corrected chi connectivity index (χ4v) is 1.62. The molecular formula is C12H21N3. The summed E-state index contributed by atoms with van der Waals surface area (Å²) >= 11 is 0. The lowest BCUT2D eigenvalue weighted by Crippen LogP contribution is -2.34. The number of nitrogens with one attached hydrogen (secondary N) is 1. The minimum atomic E-state index is 0.406. The zero-order valence-electron chi connectivity index (χ0n) is 9.90. The number of pyridine rings is 1. The maximum Gasteiger partial charge on any atom is 0.0465 e. The smallest absolute Gasteiger partial charge is 0.0465 e. The van der Waals surface area contributed by atoms with Crippen molar-refractivity contribution < 1.29 is 0 Å². The maximum absolute atomic E-state index is 4.05. The minimum absolute atomic E-state index is 0.406. The van der Waals surface area contributed by atoms with E-state index in [1.807, 2.05) is 31.5 Å². The van der Waals surface area contributed by atoms with E-state index in [-0.39, 0.29) is 0 Å². The summed E-state index contributed by atoms with van der Waals surface area (Å²) in [5, 5.41) is 2.01. The molecular weight excluding hydrogens is 186 g/mol. The number of rotatable bonds is 6. The van der Waals surface area contributed by atoms with Gasteiger partial charge in [-0.1, -0.05) is 19.8 Å². The van der Waals surface area contributed by atoms with Crippen LogP contribution in [0.1, 0.15) is 37.8 Å². The molecule has 0 aliphatic carbocycles. The van der Waals surface area contributed by atoms with Crippen LogP contribution in [0, 0.1) is 0 Å². The fourth-order valence-electron chi connectivity index (χ4n) is 1.62. The molecule has 0 radical (unpaired) electrons. The van der Waals surface area contributed by atoms with E-state index in [2.05, 4.69) is 29.5 Å². The number of hydrogen-bond acceptors (Lipinski definition) is 3. The molecule has 1 N–H and O–H groups in total. The standard InChI is InChI=1S/C12H21N3/c1-4-5-6-12(14-15(2)3)11-7-9-13-10-8-11/h7-10,12,14H,4-6H2,1-3H3. The van der Waals surface area contributed by atoms with Gasteiger partial charge in [0, 0.05) is 32.5 Å². The van der Waals surface area contributed by atoms with Crippen LogP contribution in [0.4, 0.5) is 0 Å². The molecule has 0 aromatic carbocycles. The second-order valence-electron chi connectivity index (χ2n) is 4.00. The third-order valence-corrected chi connectivity index (χ3v) is 2.37. The Labute approximate surface area is 92.5 Å². The third kappa shape index (κ3) is 4.40. The lowest BCUT2D eigenvalue weighted by molar-refractivity contribution is 0.233. The maximum atomic E-state index is 4.05. The molecule has 1 heterocycles. The molecule has 3 heteroatoms. The quantitative estimate of drug-likeness (QED) is 0.726. The zero-order valence-corrected chi connectivity index (χ0v) is 9.90. The van der Waals surface area contributed by atoms with Gasteiger partial charge in [-0.3, -0.25) is 9.99 Å². The lowest BCUT2D eigenvalue weighted by Gasteiger charge is -2.23. The van der Waals surface area contributed by atoms with Gasteiger partial charge in [0.15, 0.2) is 0 Å². The van der Waals surface area contributed by atoms with Crippen molar-refractivity contribution in [1.82, 2.24) is 15.4 Å². The number of nitrogens with zero attached hydrogens (tertiary/aromatic N) is 2. The highest BCUT2D eigenvalue weighted by molar-refractivity contribution is 5.14. The Morgan fingerprint density at radius 3 is 2.53 bits per heavy atom. The molecule has 3 nitrogen and oxygen atoms in total. The molecule has 0 amide bonds. The van der Waals surface area contributed by atoms with Gasteiger partial charge in [-0.25, -0.2) is 5.43 Å². The highest BCUT2D eigenvalue weighted by Gasteiger charge is 2.10. The SMILES string of the molecule is CCCCC(NN(C)C)c1ccncc1. The largest absolute Gasteiger partial charge is 0.265 e. The molecule has 1 atom stereocenters. The molecule has 84 valence electrons.